The van der Waals surface area contributed by atoms with Gasteiger partial charge in [-0.3, -0.25) is 4.79 Å². The Hall–Kier alpha value is -2.34. The molecule has 0 radical (unpaired) electrons. The van der Waals surface area contributed by atoms with E-state index >= 15 is 0 Å². The van der Waals surface area contributed by atoms with E-state index in [2.05, 4.69) is 26.0 Å². The molecule has 3 nitrogen and oxygen atoms in total. The first kappa shape index (κ1) is 29.2. The third kappa shape index (κ3) is 9.48. The summed E-state index contributed by atoms with van der Waals surface area (Å²) in [6.07, 6.45) is 6.45. The number of rotatable bonds is 13. The Bertz CT molecular complexity index is 932. The molecule has 2 aromatic rings. The monoisotopic (exact) mass is 517 g/mol. The third-order valence-electron chi connectivity index (χ3n) is 7.73. The van der Waals surface area contributed by atoms with E-state index in [1.807, 2.05) is 17.0 Å². The van der Waals surface area contributed by atoms with Crippen molar-refractivity contribution < 1.29 is 22.9 Å². The maximum Gasteiger partial charge on any atom is 0.416 e. The normalized spacial score (nSPS) is 15.6. The Balaban J connectivity index is 1.41. The molecule has 1 heterocycles. The first-order valence-corrected chi connectivity index (χ1v) is 14.2. The summed E-state index contributed by atoms with van der Waals surface area (Å²) in [5.74, 6) is 0.641. The van der Waals surface area contributed by atoms with Crippen molar-refractivity contribution in [3.63, 3.8) is 0 Å². The number of alkyl halides is 3. The van der Waals surface area contributed by atoms with Gasteiger partial charge in [0.05, 0.1) is 18.7 Å². The van der Waals surface area contributed by atoms with Crippen molar-refractivity contribution in [2.45, 2.75) is 84.4 Å². The number of nitrogens with one attached hydrogen (secondary N) is 1. The van der Waals surface area contributed by atoms with E-state index in [4.69, 9.17) is 0 Å². The Kier molecular flexibility index (Phi) is 11.5. The predicted molar refractivity (Wildman–Crippen MR) is 144 cm³/mol. The lowest BCUT2D eigenvalue weighted by atomic mass is 9.95. The van der Waals surface area contributed by atoms with Crippen LogP contribution in [0.15, 0.2) is 48.5 Å². The van der Waals surface area contributed by atoms with Crippen molar-refractivity contribution in [2.24, 2.45) is 5.92 Å². The first-order chi connectivity index (χ1) is 17.8. The number of halogens is 3. The van der Waals surface area contributed by atoms with Crippen LogP contribution in [-0.4, -0.2) is 37.0 Å². The van der Waals surface area contributed by atoms with Gasteiger partial charge in [-0.2, -0.15) is 13.2 Å². The fourth-order valence-electron chi connectivity index (χ4n) is 5.30. The van der Waals surface area contributed by atoms with E-state index in [1.54, 1.807) is 12.1 Å². The second-order valence-electron chi connectivity index (χ2n) is 10.6. The van der Waals surface area contributed by atoms with Gasteiger partial charge in [-0.15, -0.1) is 0 Å². The maximum atomic E-state index is 13.0. The highest BCUT2D eigenvalue weighted by Crippen LogP contribution is 2.29. The fraction of sp³-hybridized carbons (Fsp3) is 0.581. The van der Waals surface area contributed by atoms with Crippen LogP contribution in [0.2, 0.25) is 0 Å². The van der Waals surface area contributed by atoms with Crippen molar-refractivity contribution >= 4 is 5.91 Å². The Morgan fingerprint density at radius 1 is 0.865 bits per heavy atom. The molecule has 6 heteroatoms. The van der Waals surface area contributed by atoms with Crippen LogP contribution < -0.4 is 4.90 Å². The Morgan fingerprint density at radius 3 is 2.05 bits per heavy atom. The van der Waals surface area contributed by atoms with E-state index in [-0.39, 0.29) is 5.91 Å². The number of carbonyl (C=O) groups is 1. The number of hydrogen-bond acceptors (Lipinski definition) is 1. The summed E-state index contributed by atoms with van der Waals surface area (Å²) in [5, 5.41) is 0. The van der Waals surface area contributed by atoms with Gasteiger partial charge in [0.25, 0.3) is 5.91 Å². The van der Waals surface area contributed by atoms with Crippen molar-refractivity contribution in [3.05, 3.63) is 70.8 Å². The molecule has 1 aliphatic heterocycles. The zero-order valence-corrected chi connectivity index (χ0v) is 22.6. The molecule has 1 unspecified atom stereocenters. The predicted octanol–water partition coefficient (Wildman–Crippen LogP) is 6.57. The molecule has 0 spiro atoms. The van der Waals surface area contributed by atoms with Gasteiger partial charge in [-0.05, 0) is 62.4 Å². The van der Waals surface area contributed by atoms with Crippen molar-refractivity contribution in [1.29, 1.82) is 0 Å². The molecule has 1 saturated heterocycles. The molecule has 37 heavy (non-hydrogen) atoms. The molecule has 0 saturated carbocycles. The summed E-state index contributed by atoms with van der Waals surface area (Å²) in [6, 6.07) is 13.7. The molecule has 0 aliphatic carbocycles. The second-order valence-corrected chi connectivity index (χ2v) is 10.6. The largest absolute Gasteiger partial charge is 0.416 e. The zero-order valence-electron chi connectivity index (χ0n) is 22.6. The fourth-order valence-corrected chi connectivity index (χ4v) is 5.30. The summed E-state index contributed by atoms with van der Waals surface area (Å²) in [6.45, 7) is 8.51. The lowest BCUT2D eigenvalue weighted by Gasteiger charge is -2.33. The van der Waals surface area contributed by atoms with Gasteiger partial charge in [-0.25, -0.2) is 0 Å². The highest BCUT2D eigenvalue weighted by Gasteiger charge is 2.30. The molecule has 3 rings (SSSR count). The molecule has 1 aliphatic rings. The topological polar surface area (TPSA) is 24.8 Å². The van der Waals surface area contributed by atoms with Gasteiger partial charge in [0.15, 0.2) is 0 Å². The lowest BCUT2D eigenvalue weighted by molar-refractivity contribution is -0.915. The zero-order chi connectivity index (χ0) is 26.7. The SMILES string of the molecule is CCCCCCCCc1ccc(C(=O)N2CCC(C[NH+](CC)Cc3ccc(C(F)(F)F)cc3)CC2)cc1. The molecular weight excluding hydrogens is 473 g/mol. The number of carbonyl (C=O) groups excluding carboxylic acids is 1. The summed E-state index contributed by atoms with van der Waals surface area (Å²) in [7, 11) is 0. The minimum absolute atomic E-state index is 0.119. The highest BCUT2D eigenvalue weighted by molar-refractivity contribution is 5.94. The second kappa shape index (κ2) is 14.6. The Morgan fingerprint density at radius 2 is 1.46 bits per heavy atom. The van der Waals surface area contributed by atoms with Crippen molar-refractivity contribution in [1.82, 2.24) is 4.90 Å². The number of hydrogen-bond donors (Lipinski definition) is 1. The third-order valence-corrected chi connectivity index (χ3v) is 7.73. The minimum atomic E-state index is -4.29. The van der Waals surface area contributed by atoms with Crippen LogP contribution in [0.1, 0.15) is 92.3 Å². The van der Waals surface area contributed by atoms with Crippen LogP contribution >= 0.6 is 0 Å². The number of unbranched alkanes of at least 4 members (excludes halogenated alkanes) is 5. The molecule has 1 fully saturated rings. The first-order valence-electron chi connectivity index (χ1n) is 14.2. The number of aryl methyl sites for hydroxylation is 1. The van der Waals surface area contributed by atoms with Crippen molar-refractivity contribution in [2.75, 3.05) is 26.2 Å². The number of amides is 1. The average molecular weight is 518 g/mol. The highest BCUT2D eigenvalue weighted by atomic mass is 19.4. The average Bonchev–Trinajstić information content (AvgIpc) is 2.90. The molecule has 0 aromatic heterocycles. The van der Waals surface area contributed by atoms with Crippen LogP contribution in [0, 0.1) is 5.92 Å². The van der Waals surface area contributed by atoms with E-state index < -0.39 is 11.7 Å². The molecular formula is C31H44F3N2O+. The summed E-state index contributed by atoms with van der Waals surface area (Å²) < 4.78 is 38.5. The number of likely N-dealkylation sites (tertiary alicyclic amines) is 1. The summed E-state index contributed by atoms with van der Waals surface area (Å²) in [4.78, 5) is 16.4. The Labute approximate surface area is 221 Å². The quantitative estimate of drug-likeness (QED) is 0.299. The van der Waals surface area contributed by atoms with E-state index in [0.29, 0.717) is 5.92 Å². The molecule has 2 aromatic carbocycles. The minimum Gasteiger partial charge on any atom is -0.339 e. The van der Waals surface area contributed by atoms with Gasteiger partial charge >= 0.3 is 6.18 Å². The van der Waals surface area contributed by atoms with Crippen LogP contribution in [0.25, 0.3) is 0 Å². The van der Waals surface area contributed by atoms with E-state index in [9.17, 15) is 18.0 Å². The molecule has 1 N–H and O–H groups in total. The van der Waals surface area contributed by atoms with Gasteiger partial charge in [-0.1, -0.05) is 63.3 Å². The van der Waals surface area contributed by atoms with Crippen molar-refractivity contribution in [3.8, 4) is 0 Å². The van der Waals surface area contributed by atoms with Gasteiger partial charge in [0.2, 0.25) is 0 Å². The summed E-state index contributed by atoms with van der Waals surface area (Å²) >= 11 is 0. The number of benzene rings is 2. The van der Waals surface area contributed by atoms with Gasteiger partial charge < -0.3 is 9.80 Å². The van der Waals surface area contributed by atoms with Gasteiger partial charge in [0.1, 0.15) is 6.54 Å². The number of quaternary nitrogens is 1. The number of piperidine rings is 1. The molecule has 0 bridgehead atoms. The van der Waals surface area contributed by atoms with Gasteiger partial charge in [0, 0.05) is 30.1 Å². The van der Waals surface area contributed by atoms with Crippen LogP contribution in [0.4, 0.5) is 13.2 Å². The smallest absolute Gasteiger partial charge is 0.339 e. The summed E-state index contributed by atoms with van der Waals surface area (Å²) in [5.41, 5.74) is 2.41. The standard InChI is InChI=1S/C31H43F3N2O/c1-3-5-6-7-8-9-10-25-11-15-28(16-12-25)30(37)36-21-19-27(20-22-36)24-35(4-2)23-26-13-17-29(18-14-26)31(32,33)34/h11-18,27H,3-10,19-24H2,1-2H3/p+1. The van der Waals surface area contributed by atoms with E-state index in [1.165, 1.54) is 61.1 Å². The molecule has 1 amide bonds. The molecule has 204 valence electrons. The number of nitrogens with zero attached hydrogens (tertiary/aromatic N) is 1. The lowest BCUT2D eigenvalue weighted by Crippen LogP contribution is -3.11. The maximum absolute atomic E-state index is 13.0. The van der Waals surface area contributed by atoms with E-state index in [0.717, 1.165) is 63.1 Å². The molecule has 1 atom stereocenters. The van der Waals surface area contributed by atoms with Crippen LogP contribution in [0.5, 0.6) is 0 Å². The van der Waals surface area contributed by atoms with Crippen LogP contribution in [-0.2, 0) is 19.1 Å². The van der Waals surface area contributed by atoms with Crippen LogP contribution in [0.3, 0.4) is 0 Å².